The molecule has 3 rings (SSSR count). The topological polar surface area (TPSA) is 104 Å². The van der Waals surface area contributed by atoms with Gasteiger partial charge in [-0.2, -0.15) is 0 Å². The summed E-state index contributed by atoms with van der Waals surface area (Å²) in [6.45, 7) is 8.50. The molecule has 1 heterocycles. The van der Waals surface area contributed by atoms with Gasteiger partial charge in [-0.15, -0.1) is 0 Å². The summed E-state index contributed by atoms with van der Waals surface area (Å²) in [5.41, 5.74) is 2.36. The minimum absolute atomic E-state index is 0.121. The average molecular weight is 486 g/mol. The molecule has 4 N–H and O–H groups in total. The summed E-state index contributed by atoms with van der Waals surface area (Å²) in [5, 5.41) is 11.8. The number of ether oxygens (including phenoxy) is 1. The maximum absolute atomic E-state index is 14.8. The number of halogens is 1. The number of aldehydes is 1. The molecule has 0 radical (unpaired) electrons. The SMILES string of the molecule is CC(C)(C)C=O.CCCCOc1cc(F)c2c(c1)NC=NC2Nc1ccc(NC(=O)CNC)cc1. The lowest BCUT2D eigenvalue weighted by Crippen LogP contribution is -2.25. The molecule has 0 saturated heterocycles. The molecule has 190 valence electrons. The number of aliphatic imine (C=N–C) groups is 1. The fraction of sp³-hybridized carbons (Fsp3) is 0.423. The fourth-order valence-corrected chi connectivity index (χ4v) is 2.95. The van der Waals surface area contributed by atoms with Gasteiger partial charge < -0.3 is 30.8 Å². The standard InChI is InChI=1S/C21H26FN5O2.C5H10O/c1-3-4-9-29-16-10-17(22)20-18(11-16)24-13-25-21(20)27-15-7-5-14(6-8-15)26-19(28)12-23-2;1-5(2,3)4-6/h5-8,10-11,13,21,23,27H,3-4,9,12H2,1-2H3,(H,24,25)(H,26,28);4H,1-3H3. The first-order chi connectivity index (χ1) is 16.7. The van der Waals surface area contributed by atoms with Gasteiger partial charge in [0.25, 0.3) is 0 Å². The summed E-state index contributed by atoms with van der Waals surface area (Å²) in [6, 6.07) is 10.4. The molecule has 0 saturated carbocycles. The number of carbonyl (C=O) groups excluding carboxylic acids is 2. The van der Waals surface area contributed by atoms with Crippen molar-refractivity contribution in [2.24, 2.45) is 10.4 Å². The van der Waals surface area contributed by atoms with E-state index in [0.717, 1.165) is 24.8 Å². The van der Waals surface area contributed by atoms with Crippen LogP contribution in [0.1, 0.15) is 52.3 Å². The third-order valence-electron chi connectivity index (χ3n) is 4.75. The molecular formula is C26H36FN5O3. The van der Waals surface area contributed by atoms with E-state index < -0.39 is 6.17 Å². The van der Waals surface area contributed by atoms with Gasteiger partial charge in [-0.1, -0.05) is 34.1 Å². The number of fused-ring (bicyclic) bond motifs is 1. The van der Waals surface area contributed by atoms with Gasteiger partial charge in [-0.25, -0.2) is 9.38 Å². The molecule has 1 aliphatic heterocycles. The molecule has 9 heteroatoms. The number of unbranched alkanes of at least 4 members (excludes halogenated alkanes) is 1. The van der Waals surface area contributed by atoms with Crippen molar-refractivity contribution in [1.29, 1.82) is 0 Å². The van der Waals surface area contributed by atoms with E-state index in [0.29, 0.717) is 29.3 Å². The van der Waals surface area contributed by atoms with Crippen molar-refractivity contribution in [2.45, 2.75) is 46.7 Å². The van der Waals surface area contributed by atoms with Crippen LogP contribution < -0.4 is 26.0 Å². The summed E-state index contributed by atoms with van der Waals surface area (Å²) in [7, 11) is 1.71. The van der Waals surface area contributed by atoms with Crippen LogP contribution in [-0.2, 0) is 9.59 Å². The summed E-state index contributed by atoms with van der Waals surface area (Å²) >= 11 is 0. The van der Waals surface area contributed by atoms with E-state index in [1.54, 1.807) is 31.6 Å². The molecule has 2 aromatic carbocycles. The molecule has 1 amide bonds. The van der Waals surface area contributed by atoms with Crippen LogP contribution in [-0.4, -0.2) is 38.7 Å². The Kier molecular flexibility index (Phi) is 10.7. The monoisotopic (exact) mass is 485 g/mol. The van der Waals surface area contributed by atoms with Crippen molar-refractivity contribution in [2.75, 3.05) is 36.1 Å². The van der Waals surface area contributed by atoms with Gasteiger partial charge >= 0.3 is 0 Å². The third kappa shape index (κ3) is 9.36. The molecule has 0 bridgehead atoms. The number of likely N-dealkylation sites (N-methyl/N-ethyl adjacent to an activating group) is 1. The Labute approximate surface area is 206 Å². The molecule has 0 spiro atoms. The first-order valence-electron chi connectivity index (χ1n) is 11.7. The van der Waals surface area contributed by atoms with Gasteiger partial charge in [0.2, 0.25) is 5.91 Å². The van der Waals surface area contributed by atoms with Crippen LogP contribution in [0.5, 0.6) is 5.75 Å². The molecule has 1 atom stereocenters. The first-order valence-corrected chi connectivity index (χ1v) is 11.7. The number of anilines is 3. The quantitative estimate of drug-likeness (QED) is 0.296. The van der Waals surface area contributed by atoms with Crippen molar-refractivity contribution in [3.63, 3.8) is 0 Å². The van der Waals surface area contributed by atoms with E-state index in [1.165, 1.54) is 6.07 Å². The second-order valence-electron chi connectivity index (χ2n) is 9.18. The van der Waals surface area contributed by atoms with Crippen LogP contribution in [0.25, 0.3) is 0 Å². The van der Waals surface area contributed by atoms with Crippen molar-refractivity contribution in [3.8, 4) is 5.75 Å². The smallest absolute Gasteiger partial charge is 0.238 e. The van der Waals surface area contributed by atoms with Crippen molar-refractivity contribution in [3.05, 3.63) is 47.8 Å². The maximum Gasteiger partial charge on any atom is 0.238 e. The van der Waals surface area contributed by atoms with Crippen LogP contribution in [0.2, 0.25) is 0 Å². The highest BCUT2D eigenvalue weighted by Gasteiger charge is 2.23. The highest BCUT2D eigenvalue weighted by molar-refractivity contribution is 5.92. The van der Waals surface area contributed by atoms with Gasteiger partial charge in [0.05, 0.1) is 30.7 Å². The molecule has 1 aliphatic rings. The van der Waals surface area contributed by atoms with Gasteiger partial charge in [-0.3, -0.25) is 4.79 Å². The Morgan fingerprint density at radius 1 is 1.20 bits per heavy atom. The number of carbonyl (C=O) groups is 2. The number of nitrogens with zero attached hydrogens (tertiary/aromatic N) is 1. The molecule has 0 fully saturated rings. The lowest BCUT2D eigenvalue weighted by atomic mass is 10.0. The summed E-state index contributed by atoms with van der Waals surface area (Å²) in [6.07, 6.45) is 3.85. The summed E-state index contributed by atoms with van der Waals surface area (Å²) < 4.78 is 20.4. The van der Waals surface area contributed by atoms with Gasteiger partial charge in [0, 0.05) is 28.9 Å². The zero-order valence-corrected chi connectivity index (χ0v) is 21.1. The number of hydrogen-bond donors (Lipinski definition) is 4. The predicted molar refractivity (Wildman–Crippen MR) is 140 cm³/mol. The van der Waals surface area contributed by atoms with E-state index >= 15 is 0 Å². The van der Waals surface area contributed by atoms with Crippen LogP contribution in [0.3, 0.4) is 0 Å². The van der Waals surface area contributed by atoms with E-state index in [4.69, 9.17) is 4.74 Å². The van der Waals surface area contributed by atoms with E-state index in [9.17, 15) is 14.0 Å². The number of benzene rings is 2. The average Bonchev–Trinajstić information content (AvgIpc) is 2.80. The molecule has 8 nitrogen and oxygen atoms in total. The van der Waals surface area contributed by atoms with Crippen LogP contribution in [0, 0.1) is 11.2 Å². The zero-order chi connectivity index (χ0) is 25.8. The zero-order valence-electron chi connectivity index (χ0n) is 21.1. The van der Waals surface area contributed by atoms with Crippen molar-refractivity contribution < 1.29 is 18.7 Å². The highest BCUT2D eigenvalue weighted by atomic mass is 19.1. The second-order valence-corrected chi connectivity index (χ2v) is 9.18. The Morgan fingerprint density at radius 3 is 2.46 bits per heavy atom. The maximum atomic E-state index is 14.8. The fourth-order valence-electron chi connectivity index (χ4n) is 2.95. The predicted octanol–water partition coefficient (Wildman–Crippen LogP) is 4.96. The van der Waals surface area contributed by atoms with Gasteiger partial charge in [0.1, 0.15) is 17.9 Å². The number of hydrogen-bond acceptors (Lipinski definition) is 7. The van der Waals surface area contributed by atoms with Crippen LogP contribution in [0.4, 0.5) is 21.5 Å². The summed E-state index contributed by atoms with van der Waals surface area (Å²) in [5.74, 6) is -0.00571. The normalized spacial score (nSPS) is 14.1. The van der Waals surface area contributed by atoms with Crippen molar-refractivity contribution in [1.82, 2.24) is 5.32 Å². The second kappa shape index (κ2) is 13.4. The Hall–Kier alpha value is -3.46. The van der Waals surface area contributed by atoms with E-state index in [1.807, 2.05) is 32.9 Å². The lowest BCUT2D eigenvalue weighted by Gasteiger charge is -2.24. The number of rotatable bonds is 9. The number of amides is 1. The molecule has 1 unspecified atom stereocenters. The Morgan fingerprint density at radius 2 is 1.86 bits per heavy atom. The lowest BCUT2D eigenvalue weighted by molar-refractivity contribution is -0.115. The van der Waals surface area contributed by atoms with E-state index in [-0.39, 0.29) is 23.7 Å². The van der Waals surface area contributed by atoms with Crippen molar-refractivity contribution >= 4 is 35.6 Å². The van der Waals surface area contributed by atoms with Gasteiger partial charge in [-0.05, 0) is 37.7 Å². The molecule has 2 aromatic rings. The molecule has 0 aromatic heterocycles. The third-order valence-corrected chi connectivity index (χ3v) is 4.75. The van der Waals surface area contributed by atoms with Crippen LogP contribution >= 0.6 is 0 Å². The van der Waals surface area contributed by atoms with Crippen LogP contribution in [0.15, 0.2) is 41.4 Å². The minimum atomic E-state index is -0.569. The molecule has 35 heavy (non-hydrogen) atoms. The highest BCUT2D eigenvalue weighted by Crippen LogP contribution is 2.35. The minimum Gasteiger partial charge on any atom is -0.493 e. The molecular weight excluding hydrogens is 449 g/mol. The Balaban J connectivity index is 0.000000641. The summed E-state index contributed by atoms with van der Waals surface area (Å²) in [4.78, 5) is 25.8. The Bertz CT molecular complexity index is 1000. The molecule has 0 aliphatic carbocycles. The van der Waals surface area contributed by atoms with Gasteiger partial charge in [0.15, 0.2) is 6.17 Å². The largest absolute Gasteiger partial charge is 0.493 e. The first kappa shape index (κ1) is 27.8. The van der Waals surface area contributed by atoms with E-state index in [2.05, 4.69) is 33.2 Å². The number of nitrogens with one attached hydrogen (secondary N) is 4.